The van der Waals surface area contributed by atoms with Crippen molar-refractivity contribution in [3.8, 4) is 0 Å². The summed E-state index contributed by atoms with van der Waals surface area (Å²) < 4.78 is 0. The topological polar surface area (TPSA) is 0 Å². The Bertz CT molecular complexity index is 788. The molecule has 0 aliphatic heterocycles. The molecular formula is C30H36. The molecule has 0 amide bonds. The van der Waals surface area contributed by atoms with Gasteiger partial charge in [-0.25, -0.2) is 0 Å². The SMILES string of the molecule is C1=CC=CC=Cc2cccc3c(cccc2C=CC=C1)CCCCCCCCCC3. The highest BCUT2D eigenvalue weighted by Gasteiger charge is 2.03. The van der Waals surface area contributed by atoms with Gasteiger partial charge in [-0.05, 0) is 47.9 Å². The molecule has 3 rings (SSSR count). The maximum absolute atomic E-state index is 2.37. The van der Waals surface area contributed by atoms with Gasteiger partial charge < -0.3 is 0 Å². The fourth-order valence-corrected chi connectivity index (χ4v) is 4.13. The molecule has 0 unspecified atom stereocenters. The molecule has 0 saturated heterocycles. The van der Waals surface area contributed by atoms with Crippen LogP contribution in [-0.2, 0) is 12.8 Å². The van der Waals surface area contributed by atoms with Crippen molar-refractivity contribution in [2.45, 2.75) is 64.2 Å². The number of hydrogen-bond acceptors (Lipinski definition) is 0. The van der Waals surface area contributed by atoms with E-state index in [1.807, 2.05) is 0 Å². The first-order valence-electron chi connectivity index (χ1n) is 11.8. The minimum atomic E-state index is 1.20. The van der Waals surface area contributed by atoms with Crippen molar-refractivity contribution in [1.82, 2.24) is 0 Å². The molecule has 0 fully saturated rings. The second-order valence-electron chi connectivity index (χ2n) is 8.21. The predicted octanol–water partition coefficient (Wildman–Crippen LogP) is 8.74. The van der Waals surface area contributed by atoms with Gasteiger partial charge in [-0.15, -0.1) is 0 Å². The predicted molar refractivity (Wildman–Crippen MR) is 134 cm³/mol. The van der Waals surface area contributed by atoms with E-state index < -0.39 is 0 Å². The summed E-state index contributed by atoms with van der Waals surface area (Å²) in [7, 11) is 0. The normalized spacial score (nSPS) is 17.3. The molecule has 0 saturated carbocycles. The Hall–Kier alpha value is -2.60. The zero-order chi connectivity index (χ0) is 20.7. The molecule has 156 valence electrons. The highest BCUT2D eigenvalue weighted by Crippen LogP contribution is 2.19. The third-order valence-electron chi connectivity index (χ3n) is 5.86. The zero-order valence-corrected chi connectivity index (χ0v) is 18.3. The summed E-state index contributed by atoms with van der Waals surface area (Å²) in [5, 5.41) is 0. The Kier molecular flexibility index (Phi) is 10.0. The minimum Gasteiger partial charge on any atom is -0.0623 e. The van der Waals surface area contributed by atoms with E-state index >= 15 is 0 Å². The van der Waals surface area contributed by atoms with Crippen molar-refractivity contribution in [2.75, 3.05) is 0 Å². The van der Waals surface area contributed by atoms with E-state index in [-0.39, 0.29) is 0 Å². The first kappa shape index (κ1) is 22.1. The Labute approximate surface area is 183 Å². The van der Waals surface area contributed by atoms with Crippen molar-refractivity contribution in [3.63, 3.8) is 0 Å². The maximum atomic E-state index is 2.37. The number of fused-ring (bicyclic) bond motifs is 2. The summed E-state index contributed by atoms with van der Waals surface area (Å²) in [4.78, 5) is 0. The molecule has 0 atom stereocenters. The molecule has 30 heavy (non-hydrogen) atoms. The van der Waals surface area contributed by atoms with Crippen LogP contribution in [0.4, 0.5) is 0 Å². The fraction of sp³-hybridized carbons (Fsp3) is 0.333. The summed E-state index contributed by atoms with van der Waals surface area (Å²) in [5.41, 5.74) is 5.52. The second kappa shape index (κ2) is 13.6. The van der Waals surface area contributed by atoms with Crippen molar-refractivity contribution in [1.29, 1.82) is 0 Å². The van der Waals surface area contributed by atoms with Crippen molar-refractivity contribution in [2.24, 2.45) is 0 Å². The number of allylic oxidation sites excluding steroid dienone is 8. The van der Waals surface area contributed by atoms with Gasteiger partial charge in [0.2, 0.25) is 0 Å². The number of rotatable bonds is 0. The van der Waals surface area contributed by atoms with Crippen molar-refractivity contribution >= 4 is 12.2 Å². The van der Waals surface area contributed by atoms with E-state index in [0.29, 0.717) is 0 Å². The van der Waals surface area contributed by atoms with Crippen LogP contribution < -0.4 is 0 Å². The zero-order valence-electron chi connectivity index (χ0n) is 18.3. The first-order valence-corrected chi connectivity index (χ1v) is 11.8. The molecular weight excluding hydrogens is 360 g/mol. The Morgan fingerprint density at radius 2 is 0.733 bits per heavy atom. The van der Waals surface area contributed by atoms with E-state index in [1.165, 1.54) is 86.5 Å². The Balaban J connectivity index is 2.00. The van der Waals surface area contributed by atoms with Gasteiger partial charge in [-0.1, -0.05) is 136 Å². The van der Waals surface area contributed by atoms with Crippen LogP contribution in [0.25, 0.3) is 12.2 Å². The molecule has 1 aromatic rings. The molecule has 0 N–H and O–H groups in total. The summed E-state index contributed by atoms with van der Waals surface area (Å²) in [6.07, 6.45) is 34.4. The smallest absolute Gasteiger partial charge is 0.0184 e. The standard InChI is InChI=1S/C30H36/c1-2-6-10-14-20-28-24-18-26-30-22-16-12-8-4-3-7-11-15-21-29(30)25-17-23-27(28)19-13-9-5-1/h1-2,5-6,9-10,13-14,17-20,23-26H,3-4,7-8,11-12,15-16,21-22H2. The van der Waals surface area contributed by atoms with Crippen molar-refractivity contribution in [3.05, 3.63) is 107 Å². The fourth-order valence-electron chi connectivity index (χ4n) is 4.13. The lowest BCUT2D eigenvalue weighted by Crippen LogP contribution is -1.95. The average Bonchev–Trinajstić information content (AvgIpc) is 2.74. The van der Waals surface area contributed by atoms with Crippen LogP contribution in [0.5, 0.6) is 0 Å². The van der Waals surface area contributed by atoms with Gasteiger partial charge in [-0.3, -0.25) is 0 Å². The molecule has 1 aromatic carbocycles. The molecule has 2 aliphatic rings. The van der Waals surface area contributed by atoms with E-state index in [2.05, 4.69) is 97.2 Å². The minimum absolute atomic E-state index is 1.20. The molecule has 0 aromatic heterocycles. The van der Waals surface area contributed by atoms with E-state index in [9.17, 15) is 0 Å². The lowest BCUT2D eigenvalue weighted by molar-refractivity contribution is 0.560. The van der Waals surface area contributed by atoms with Gasteiger partial charge in [0, 0.05) is 0 Å². The van der Waals surface area contributed by atoms with Crippen LogP contribution in [0.15, 0.2) is 85.0 Å². The third-order valence-corrected chi connectivity index (χ3v) is 5.86. The van der Waals surface area contributed by atoms with Crippen LogP contribution in [0.1, 0.15) is 73.6 Å². The molecule has 0 spiro atoms. The van der Waals surface area contributed by atoms with Gasteiger partial charge in [0.25, 0.3) is 0 Å². The second-order valence-corrected chi connectivity index (χ2v) is 8.21. The van der Waals surface area contributed by atoms with Gasteiger partial charge in [0.15, 0.2) is 0 Å². The number of aryl methyl sites for hydroxylation is 2. The third kappa shape index (κ3) is 8.03. The molecule has 2 aliphatic carbocycles. The summed E-state index contributed by atoms with van der Waals surface area (Å²) in [6, 6.07) is 13.8. The molecule has 0 heterocycles. The summed E-state index contributed by atoms with van der Waals surface area (Å²) in [5.74, 6) is 0. The highest BCUT2D eigenvalue weighted by molar-refractivity contribution is 5.65. The molecule has 0 heteroatoms. The van der Waals surface area contributed by atoms with E-state index in [1.54, 1.807) is 0 Å². The van der Waals surface area contributed by atoms with Crippen LogP contribution in [0.3, 0.4) is 0 Å². The monoisotopic (exact) mass is 396 g/mol. The van der Waals surface area contributed by atoms with E-state index in [4.69, 9.17) is 0 Å². The van der Waals surface area contributed by atoms with Gasteiger partial charge in [-0.2, -0.15) is 0 Å². The first-order chi connectivity index (χ1) is 14.9. The Morgan fingerprint density at radius 1 is 0.367 bits per heavy atom. The maximum Gasteiger partial charge on any atom is -0.0184 e. The average molecular weight is 397 g/mol. The summed E-state index contributed by atoms with van der Waals surface area (Å²) >= 11 is 0. The van der Waals surface area contributed by atoms with Gasteiger partial charge in [0.05, 0.1) is 0 Å². The van der Waals surface area contributed by atoms with Crippen LogP contribution in [-0.4, -0.2) is 0 Å². The van der Waals surface area contributed by atoms with Gasteiger partial charge >= 0.3 is 0 Å². The lowest BCUT2D eigenvalue weighted by atomic mass is 9.96. The number of hydrogen-bond donors (Lipinski definition) is 0. The highest BCUT2D eigenvalue weighted by atomic mass is 14.1. The van der Waals surface area contributed by atoms with E-state index in [0.717, 1.165) is 0 Å². The lowest BCUT2D eigenvalue weighted by Gasteiger charge is -2.10. The largest absolute Gasteiger partial charge is 0.0623 e. The molecule has 0 bridgehead atoms. The van der Waals surface area contributed by atoms with Crippen LogP contribution in [0, 0.1) is 0 Å². The molecule has 0 nitrogen and oxygen atoms in total. The van der Waals surface area contributed by atoms with Gasteiger partial charge in [0.1, 0.15) is 0 Å². The van der Waals surface area contributed by atoms with Crippen LogP contribution >= 0.6 is 0 Å². The van der Waals surface area contributed by atoms with Crippen LogP contribution in [0.2, 0.25) is 0 Å². The van der Waals surface area contributed by atoms with Crippen molar-refractivity contribution < 1.29 is 0 Å². The Morgan fingerprint density at radius 3 is 1.17 bits per heavy atom. The quantitative estimate of drug-likeness (QED) is 0.411. The molecule has 0 radical (unpaired) electrons. The summed E-state index contributed by atoms with van der Waals surface area (Å²) in [6.45, 7) is 0.